The smallest absolute Gasteiger partial charge is 0.235 e. The Labute approximate surface area is 133 Å². The zero-order valence-corrected chi connectivity index (χ0v) is 12.8. The van der Waals surface area contributed by atoms with E-state index in [-0.39, 0.29) is 17.5 Å². The van der Waals surface area contributed by atoms with Gasteiger partial charge in [-0.15, -0.1) is 0 Å². The summed E-state index contributed by atoms with van der Waals surface area (Å²) in [6.07, 6.45) is 0. The second-order valence-electron chi connectivity index (χ2n) is 4.66. The standard InChI is InChI=1S/C14H15Cl2N3O2/c15-11-3-1-2-10(14(11)16)12(8-17)18-13(20)9-19-4-6-21-7-5-19/h1-3,12H,4-7,9H2,(H,18,20). The van der Waals surface area contributed by atoms with Crippen molar-refractivity contribution < 1.29 is 9.53 Å². The molecule has 1 aromatic rings. The summed E-state index contributed by atoms with van der Waals surface area (Å²) in [5.74, 6) is -0.223. The molecule has 112 valence electrons. The minimum Gasteiger partial charge on any atom is -0.379 e. The number of benzene rings is 1. The van der Waals surface area contributed by atoms with Crippen molar-refractivity contribution in [2.75, 3.05) is 32.8 Å². The lowest BCUT2D eigenvalue weighted by atomic mass is 10.1. The molecule has 1 saturated heterocycles. The minimum atomic E-state index is -0.815. The number of nitrogens with zero attached hydrogens (tertiary/aromatic N) is 2. The molecule has 5 nitrogen and oxygen atoms in total. The Morgan fingerprint density at radius 2 is 2.14 bits per heavy atom. The van der Waals surface area contributed by atoms with Crippen molar-refractivity contribution in [2.45, 2.75) is 6.04 Å². The van der Waals surface area contributed by atoms with Crippen LogP contribution in [0.2, 0.25) is 10.0 Å². The molecular formula is C14H15Cl2N3O2. The molecule has 0 radical (unpaired) electrons. The molecule has 0 spiro atoms. The van der Waals surface area contributed by atoms with Gasteiger partial charge in [0, 0.05) is 18.7 Å². The molecule has 1 fully saturated rings. The zero-order chi connectivity index (χ0) is 15.2. The number of rotatable bonds is 4. The number of morpholine rings is 1. The molecule has 21 heavy (non-hydrogen) atoms. The third-order valence-electron chi connectivity index (χ3n) is 3.20. The number of nitriles is 1. The Bertz CT molecular complexity index is 554. The SMILES string of the molecule is N#CC(NC(=O)CN1CCOCC1)c1cccc(Cl)c1Cl. The lowest BCUT2D eigenvalue weighted by molar-refractivity contribution is -0.123. The maximum Gasteiger partial charge on any atom is 0.235 e. The van der Waals surface area contributed by atoms with Crippen LogP contribution >= 0.6 is 23.2 Å². The molecule has 2 rings (SSSR count). The zero-order valence-electron chi connectivity index (χ0n) is 11.3. The Morgan fingerprint density at radius 1 is 1.43 bits per heavy atom. The fraction of sp³-hybridized carbons (Fsp3) is 0.429. The van der Waals surface area contributed by atoms with E-state index < -0.39 is 6.04 Å². The second kappa shape index (κ2) is 7.62. The van der Waals surface area contributed by atoms with Gasteiger partial charge in [0.2, 0.25) is 5.91 Å². The Morgan fingerprint density at radius 3 is 2.81 bits per heavy atom. The summed E-state index contributed by atoms with van der Waals surface area (Å²) in [6.45, 7) is 2.90. The lowest BCUT2D eigenvalue weighted by Crippen LogP contribution is -2.43. The summed E-state index contributed by atoms with van der Waals surface area (Å²) in [5, 5.41) is 12.6. The molecule has 1 aliphatic rings. The van der Waals surface area contributed by atoms with E-state index in [2.05, 4.69) is 5.32 Å². The van der Waals surface area contributed by atoms with Crippen molar-refractivity contribution in [3.63, 3.8) is 0 Å². The van der Waals surface area contributed by atoms with Crippen molar-refractivity contribution in [3.05, 3.63) is 33.8 Å². The number of carbonyl (C=O) groups is 1. The molecule has 1 amide bonds. The molecule has 0 aromatic heterocycles. The molecular weight excluding hydrogens is 313 g/mol. The first-order valence-electron chi connectivity index (χ1n) is 6.55. The van der Waals surface area contributed by atoms with Crippen molar-refractivity contribution in [1.29, 1.82) is 5.26 Å². The molecule has 0 saturated carbocycles. The molecule has 0 aliphatic carbocycles. The van der Waals surface area contributed by atoms with Crippen molar-refractivity contribution in [1.82, 2.24) is 10.2 Å². The van der Waals surface area contributed by atoms with Crippen LogP contribution in [0, 0.1) is 11.3 Å². The van der Waals surface area contributed by atoms with Gasteiger partial charge in [-0.2, -0.15) is 5.26 Å². The van der Waals surface area contributed by atoms with E-state index in [9.17, 15) is 10.1 Å². The molecule has 1 N–H and O–H groups in total. The number of hydrogen-bond donors (Lipinski definition) is 1. The maximum absolute atomic E-state index is 12.0. The Hall–Kier alpha value is -1.32. The highest BCUT2D eigenvalue weighted by atomic mass is 35.5. The molecule has 1 atom stereocenters. The minimum absolute atomic E-state index is 0.223. The molecule has 1 unspecified atom stereocenters. The molecule has 0 bridgehead atoms. The van der Waals surface area contributed by atoms with Gasteiger partial charge in [0.1, 0.15) is 6.04 Å². The van der Waals surface area contributed by atoms with E-state index in [4.69, 9.17) is 27.9 Å². The molecule has 7 heteroatoms. The highest BCUT2D eigenvalue weighted by molar-refractivity contribution is 6.42. The van der Waals surface area contributed by atoms with Gasteiger partial charge in [-0.1, -0.05) is 35.3 Å². The van der Waals surface area contributed by atoms with Crippen LogP contribution in [0.3, 0.4) is 0 Å². The highest BCUT2D eigenvalue weighted by Crippen LogP contribution is 2.29. The Kier molecular flexibility index (Phi) is 5.83. The van der Waals surface area contributed by atoms with Crippen LogP contribution in [-0.2, 0) is 9.53 Å². The summed E-state index contributed by atoms with van der Waals surface area (Å²) in [6, 6.07) is 6.23. The highest BCUT2D eigenvalue weighted by Gasteiger charge is 2.20. The Balaban J connectivity index is 2.00. The van der Waals surface area contributed by atoms with Crippen molar-refractivity contribution >= 4 is 29.1 Å². The van der Waals surface area contributed by atoms with Crippen LogP contribution in [0.15, 0.2) is 18.2 Å². The summed E-state index contributed by atoms with van der Waals surface area (Å²) < 4.78 is 5.22. The predicted molar refractivity (Wildman–Crippen MR) is 80.2 cm³/mol. The van der Waals surface area contributed by atoms with Gasteiger partial charge in [0.25, 0.3) is 0 Å². The normalized spacial score (nSPS) is 17.0. The van der Waals surface area contributed by atoms with Gasteiger partial charge in [-0.3, -0.25) is 9.69 Å². The van der Waals surface area contributed by atoms with Crippen LogP contribution in [0.25, 0.3) is 0 Å². The molecule has 1 aliphatic heterocycles. The average Bonchev–Trinajstić information content (AvgIpc) is 2.49. The van der Waals surface area contributed by atoms with E-state index in [1.165, 1.54) is 0 Å². The number of nitrogens with one attached hydrogen (secondary N) is 1. The predicted octanol–water partition coefficient (Wildman–Crippen LogP) is 2.01. The monoisotopic (exact) mass is 327 g/mol. The third-order valence-corrected chi connectivity index (χ3v) is 4.03. The average molecular weight is 328 g/mol. The second-order valence-corrected chi connectivity index (χ2v) is 5.45. The van der Waals surface area contributed by atoms with E-state index in [1.54, 1.807) is 18.2 Å². The molecule has 1 heterocycles. The van der Waals surface area contributed by atoms with Crippen LogP contribution in [0.5, 0.6) is 0 Å². The van der Waals surface area contributed by atoms with Gasteiger partial charge in [-0.05, 0) is 6.07 Å². The number of halogens is 2. The van der Waals surface area contributed by atoms with Crippen molar-refractivity contribution in [3.8, 4) is 6.07 Å². The van der Waals surface area contributed by atoms with Crippen LogP contribution in [0.4, 0.5) is 0 Å². The van der Waals surface area contributed by atoms with Crippen LogP contribution < -0.4 is 5.32 Å². The fourth-order valence-corrected chi connectivity index (χ4v) is 2.51. The van der Waals surface area contributed by atoms with Crippen molar-refractivity contribution in [2.24, 2.45) is 0 Å². The van der Waals surface area contributed by atoms with E-state index in [0.717, 1.165) is 0 Å². The first-order chi connectivity index (χ1) is 10.1. The summed E-state index contributed by atoms with van der Waals surface area (Å²) in [4.78, 5) is 14.0. The summed E-state index contributed by atoms with van der Waals surface area (Å²) >= 11 is 12.0. The first kappa shape index (κ1) is 16.1. The topological polar surface area (TPSA) is 65.4 Å². The van der Waals surface area contributed by atoms with Gasteiger partial charge >= 0.3 is 0 Å². The van der Waals surface area contributed by atoms with E-state index in [0.29, 0.717) is 36.9 Å². The molecule has 1 aromatic carbocycles. The number of ether oxygens (including phenoxy) is 1. The fourth-order valence-electron chi connectivity index (χ4n) is 2.09. The van der Waals surface area contributed by atoms with E-state index in [1.807, 2.05) is 11.0 Å². The first-order valence-corrected chi connectivity index (χ1v) is 7.30. The number of amides is 1. The number of carbonyl (C=O) groups excluding carboxylic acids is 1. The number of hydrogen-bond acceptors (Lipinski definition) is 4. The van der Waals surface area contributed by atoms with Gasteiger partial charge in [0.05, 0.1) is 35.9 Å². The van der Waals surface area contributed by atoms with Gasteiger partial charge in [0.15, 0.2) is 0 Å². The van der Waals surface area contributed by atoms with Gasteiger partial charge < -0.3 is 10.1 Å². The largest absolute Gasteiger partial charge is 0.379 e. The van der Waals surface area contributed by atoms with E-state index >= 15 is 0 Å². The summed E-state index contributed by atoms with van der Waals surface area (Å²) in [7, 11) is 0. The quantitative estimate of drug-likeness (QED) is 0.918. The summed E-state index contributed by atoms with van der Waals surface area (Å²) in [5.41, 5.74) is 0.502. The third kappa shape index (κ3) is 4.32. The maximum atomic E-state index is 12.0. The van der Waals surface area contributed by atoms with Gasteiger partial charge in [-0.25, -0.2) is 0 Å². The van der Waals surface area contributed by atoms with Crippen LogP contribution in [0.1, 0.15) is 11.6 Å². The van der Waals surface area contributed by atoms with Crippen LogP contribution in [-0.4, -0.2) is 43.7 Å². The lowest BCUT2D eigenvalue weighted by Gasteiger charge is -2.26.